The quantitative estimate of drug-likeness (QED) is 0.0261. The SMILES string of the molecule is CC/C=C\C/C=C\C/C=C\C/C=C\C/C=C\CCCCCCCCCC(=O)OC(COC(=O)CCCCCCC/C=C\CCC)COC(=O)CCCCCCCCCCCCCCCCCCCCCCCCCCCCCCCCC. The van der Waals surface area contributed by atoms with Crippen LogP contribution in [0.5, 0.6) is 0 Å². The van der Waals surface area contributed by atoms with E-state index in [1.165, 1.54) is 225 Å². The summed E-state index contributed by atoms with van der Waals surface area (Å²) < 4.78 is 16.9. The van der Waals surface area contributed by atoms with Gasteiger partial charge in [-0.3, -0.25) is 14.4 Å². The molecule has 0 aromatic heterocycles. The van der Waals surface area contributed by atoms with Crippen LogP contribution in [-0.4, -0.2) is 37.2 Å². The Balaban J connectivity index is 4.13. The van der Waals surface area contributed by atoms with E-state index in [4.69, 9.17) is 14.2 Å². The van der Waals surface area contributed by atoms with Crippen molar-refractivity contribution in [2.75, 3.05) is 13.2 Å². The van der Waals surface area contributed by atoms with Crippen LogP contribution in [0.3, 0.4) is 0 Å². The van der Waals surface area contributed by atoms with E-state index in [9.17, 15) is 14.4 Å². The molecular formula is C76H136O6. The molecule has 0 saturated heterocycles. The van der Waals surface area contributed by atoms with Gasteiger partial charge in [-0.1, -0.05) is 344 Å². The highest BCUT2D eigenvalue weighted by molar-refractivity contribution is 5.71. The molecule has 0 fully saturated rings. The number of hydrogen-bond acceptors (Lipinski definition) is 6. The van der Waals surface area contributed by atoms with Gasteiger partial charge < -0.3 is 14.2 Å². The van der Waals surface area contributed by atoms with Crippen LogP contribution in [0.25, 0.3) is 0 Å². The van der Waals surface area contributed by atoms with Crippen LogP contribution in [-0.2, 0) is 28.6 Å². The average Bonchev–Trinajstić information content (AvgIpc) is 3.47. The van der Waals surface area contributed by atoms with Crippen molar-refractivity contribution in [2.45, 2.75) is 380 Å². The predicted molar refractivity (Wildman–Crippen MR) is 358 cm³/mol. The van der Waals surface area contributed by atoms with Crippen LogP contribution in [0.2, 0.25) is 0 Å². The minimum absolute atomic E-state index is 0.0796. The zero-order valence-corrected chi connectivity index (χ0v) is 54.8. The fourth-order valence-electron chi connectivity index (χ4n) is 10.6. The number of carbonyl (C=O) groups is 3. The maximum absolute atomic E-state index is 12.9. The van der Waals surface area contributed by atoms with Crippen molar-refractivity contribution in [2.24, 2.45) is 0 Å². The highest BCUT2D eigenvalue weighted by Crippen LogP contribution is 2.18. The minimum atomic E-state index is -0.785. The van der Waals surface area contributed by atoms with Crippen LogP contribution >= 0.6 is 0 Å². The Kier molecular flexibility index (Phi) is 67.6. The van der Waals surface area contributed by atoms with Gasteiger partial charge in [0.15, 0.2) is 6.10 Å². The van der Waals surface area contributed by atoms with Gasteiger partial charge in [-0.05, 0) is 83.5 Å². The standard InChI is InChI=1S/C76H136O6/c1-4-7-10-13-16-19-22-24-26-28-30-32-34-35-36-37-38-39-40-41-43-44-46-48-50-52-54-57-60-63-66-69-75(78)81-72-73(71-80-74(77)68-65-62-59-56-21-18-15-12-9-6-3)82-76(79)70-67-64-61-58-55-53-51-49-47-45-42-33-31-29-27-25-23-20-17-14-11-8-5-2/h8,11-12,15,17,20,25,27,31,33,45,47,73H,4-7,9-10,13-14,16,18-19,21-24,26,28-30,32,34-44,46,48-72H2,1-3H3/b11-8-,15-12-,20-17-,27-25-,33-31-,47-45-. The van der Waals surface area contributed by atoms with Gasteiger partial charge in [0, 0.05) is 19.3 Å². The Morgan fingerprint density at radius 3 is 0.805 bits per heavy atom. The third-order valence-corrected chi connectivity index (χ3v) is 15.9. The molecular weight excluding hydrogens is 1010 g/mol. The van der Waals surface area contributed by atoms with Crippen LogP contribution in [0.15, 0.2) is 72.9 Å². The lowest BCUT2D eigenvalue weighted by atomic mass is 10.0. The second-order valence-corrected chi connectivity index (χ2v) is 24.1. The number of unbranched alkanes of at least 4 members (excludes halogenated alkanes) is 43. The van der Waals surface area contributed by atoms with Crippen molar-refractivity contribution in [1.29, 1.82) is 0 Å². The van der Waals surface area contributed by atoms with Gasteiger partial charge in [-0.15, -0.1) is 0 Å². The third-order valence-electron chi connectivity index (χ3n) is 15.9. The van der Waals surface area contributed by atoms with E-state index in [2.05, 4.69) is 93.7 Å². The van der Waals surface area contributed by atoms with Crippen LogP contribution in [0.1, 0.15) is 374 Å². The molecule has 0 spiro atoms. The maximum Gasteiger partial charge on any atom is 0.306 e. The van der Waals surface area contributed by atoms with E-state index >= 15 is 0 Å². The number of rotatable bonds is 66. The van der Waals surface area contributed by atoms with Gasteiger partial charge in [0.1, 0.15) is 13.2 Å². The molecule has 0 saturated carbocycles. The Hall–Kier alpha value is -3.15. The molecule has 0 radical (unpaired) electrons. The number of allylic oxidation sites excluding steroid dienone is 12. The van der Waals surface area contributed by atoms with Gasteiger partial charge in [0.05, 0.1) is 0 Å². The first kappa shape index (κ1) is 78.8. The summed E-state index contributed by atoms with van der Waals surface area (Å²) in [5.41, 5.74) is 0. The van der Waals surface area contributed by atoms with Crippen LogP contribution in [0, 0.1) is 0 Å². The van der Waals surface area contributed by atoms with Gasteiger partial charge in [-0.25, -0.2) is 0 Å². The van der Waals surface area contributed by atoms with Crippen molar-refractivity contribution in [3.05, 3.63) is 72.9 Å². The molecule has 0 amide bonds. The van der Waals surface area contributed by atoms with Crippen molar-refractivity contribution in [3.63, 3.8) is 0 Å². The molecule has 0 aliphatic carbocycles. The average molecular weight is 1150 g/mol. The number of esters is 3. The lowest BCUT2D eigenvalue weighted by Crippen LogP contribution is -2.30. The fraction of sp³-hybridized carbons (Fsp3) is 0.803. The summed E-state index contributed by atoms with van der Waals surface area (Å²) in [5.74, 6) is -0.884. The first-order chi connectivity index (χ1) is 40.5. The first-order valence-electron chi connectivity index (χ1n) is 35.9. The Morgan fingerprint density at radius 1 is 0.256 bits per heavy atom. The van der Waals surface area contributed by atoms with Gasteiger partial charge in [0.25, 0.3) is 0 Å². The summed E-state index contributed by atoms with van der Waals surface area (Å²) in [7, 11) is 0. The molecule has 6 nitrogen and oxygen atoms in total. The first-order valence-corrected chi connectivity index (χ1v) is 35.9. The molecule has 0 N–H and O–H groups in total. The summed E-state index contributed by atoms with van der Waals surface area (Å²) in [4.78, 5) is 38.3. The normalized spacial score (nSPS) is 12.5. The topological polar surface area (TPSA) is 78.9 Å². The molecule has 0 aromatic carbocycles. The molecule has 0 aromatic rings. The molecule has 0 heterocycles. The zero-order valence-electron chi connectivity index (χ0n) is 54.8. The lowest BCUT2D eigenvalue weighted by Gasteiger charge is -2.18. The second-order valence-electron chi connectivity index (χ2n) is 24.1. The number of ether oxygens (including phenoxy) is 3. The monoisotopic (exact) mass is 1150 g/mol. The van der Waals surface area contributed by atoms with E-state index in [0.29, 0.717) is 19.3 Å². The Bertz CT molecular complexity index is 1500. The summed E-state index contributed by atoms with van der Waals surface area (Å²) in [6, 6.07) is 0. The summed E-state index contributed by atoms with van der Waals surface area (Å²) in [6.45, 7) is 6.50. The molecule has 476 valence electrons. The van der Waals surface area contributed by atoms with Crippen LogP contribution in [0.4, 0.5) is 0 Å². The van der Waals surface area contributed by atoms with E-state index < -0.39 is 6.10 Å². The minimum Gasteiger partial charge on any atom is -0.462 e. The van der Waals surface area contributed by atoms with Gasteiger partial charge in [-0.2, -0.15) is 0 Å². The summed E-state index contributed by atoms with van der Waals surface area (Å²) in [6.07, 6.45) is 92.5. The molecule has 0 rings (SSSR count). The predicted octanol–water partition coefficient (Wildman–Crippen LogP) is 24.8. The second kappa shape index (κ2) is 70.3. The molecule has 0 aliphatic rings. The molecule has 0 bridgehead atoms. The molecule has 6 heteroatoms. The van der Waals surface area contributed by atoms with Crippen molar-refractivity contribution >= 4 is 17.9 Å². The maximum atomic E-state index is 12.9. The summed E-state index contributed by atoms with van der Waals surface area (Å²) in [5, 5.41) is 0. The molecule has 1 unspecified atom stereocenters. The van der Waals surface area contributed by atoms with E-state index in [-0.39, 0.29) is 31.1 Å². The Morgan fingerprint density at radius 2 is 0.500 bits per heavy atom. The fourth-order valence-corrected chi connectivity index (χ4v) is 10.6. The highest BCUT2D eigenvalue weighted by Gasteiger charge is 2.19. The zero-order chi connectivity index (χ0) is 59.2. The smallest absolute Gasteiger partial charge is 0.306 e. The van der Waals surface area contributed by atoms with Crippen LogP contribution < -0.4 is 0 Å². The molecule has 0 aliphatic heterocycles. The number of hydrogen-bond donors (Lipinski definition) is 0. The van der Waals surface area contributed by atoms with Crippen molar-refractivity contribution in [1.82, 2.24) is 0 Å². The van der Waals surface area contributed by atoms with Crippen molar-refractivity contribution in [3.8, 4) is 0 Å². The lowest BCUT2D eigenvalue weighted by molar-refractivity contribution is -0.167. The van der Waals surface area contributed by atoms with E-state index in [1.54, 1.807) is 0 Å². The van der Waals surface area contributed by atoms with Gasteiger partial charge in [0.2, 0.25) is 0 Å². The summed E-state index contributed by atoms with van der Waals surface area (Å²) >= 11 is 0. The molecule has 1 atom stereocenters. The van der Waals surface area contributed by atoms with Gasteiger partial charge >= 0.3 is 17.9 Å². The molecule has 82 heavy (non-hydrogen) atoms. The Labute approximate surface area is 510 Å². The highest BCUT2D eigenvalue weighted by atomic mass is 16.6. The largest absolute Gasteiger partial charge is 0.462 e. The van der Waals surface area contributed by atoms with Crippen molar-refractivity contribution < 1.29 is 28.6 Å². The number of carbonyl (C=O) groups excluding carboxylic acids is 3. The third kappa shape index (κ3) is 67.6. The van der Waals surface area contributed by atoms with E-state index in [0.717, 1.165) is 109 Å². The van der Waals surface area contributed by atoms with E-state index in [1.807, 2.05) is 0 Å².